The van der Waals surface area contributed by atoms with Crippen LogP contribution in [0.1, 0.15) is 40.7 Å². The molecule has 1 aliphatic rings. The van der Waals surface area contributed by atoms with Gasteiger partial charge in [-0.2, -0.15) is 5.26 Å². The van der Waals surface area contributed by atoms with Crippen molar-refractivity contribution in [3.63, 3.8) is 0 Å². The van der Waals surface area contributed by atoms with Gasteiger partial charge in [-0.1, -0.05) is 12.1 Å². The van der Waals surface area contributed by atoms with Crippen LogP contribution < -0.4 is 5.32 Å². The molecule has 1 aliphatic carbocycles. The lowest BCUT2D eigenvalue weighted by Gasteiger charge is -2.16. The summed E-state index contributed by atoms with van der Waals surface area (Å²) in [6, 6.07) is 8.77. The van der Waals surface area contributed by atoms with Crippen molar-refractivity contribution in [1.82, 2.24) is 5.16 Å². The largest absolute Gasteiger partial charge is 0.360 e. The van der Waals surface area contributed by atoms with Crippen molar-refractivity contribution in [2.75, 3.05) is 5.32 Å². The predicted molar refractivity (Wildman–Crippen MR) is 76.8 cm³/mol. The number of hydrogen-bond donors (Lipinski definition) is 1. The number of aromatic nitrogens is 1. The second-order valence-electron chi connectivity index (χ2n) is 5.42. The van der Waals surface area contributed by atoms with Gasteiger partial charge in [-0.25, -0.2) is 0 Å². The zero-order valence-corrected chi connectivity index (χ0v) is 11.7. The lowest BCUT2D eigenvalue weighted by Crippen LogP contribution is -2.17. The summed E-state index contributed by atoms with van der Waals surface area (Å²) in [6.45, 7) is 2.16. The van der Waals surface area contributed by atoms with Gasteiger partial charge in [-0.3, -0.25) is 4.79 Å². The fraction of sp³-hybridized carbons (Fsp3) is 0.312. The molecule has 5 heteroatoms. The maximum Gasteiger partial charge on any atom is 0.278 e. The molecule has 0 bridgehead atoms. The Morgan fingerprint density at radius 2 is 2.19 bits per heavy atom. The summed E-state index contributed by atoms with van der Waals surface area (Å²) in [5.74, 6) is 1.11. The number of amides is 1. The Morgan fingerprint density at radius 1 is 1.43 bits per heavy atom. The molecule has 1 atom stereocenters. The molecule has 0 radical (unpaired) electrons. The Hall–Kier alpha value is -2.61. The number of carbonyl (C=O) groups is 1. The van der Waals surface area contributed by atoms with E-state index in [2.05, 4.69) is 17.4 Å². The van der Waals surface area contributed by atoms with E-state index in [9.17, 15) is 4.79 Å². The Kier molecular flexibility index (Phi) is 3.44. The van der Waals surface area contributed by atoms with Crippen molar-refractivity contribution in [2.24, 2.45) is 5.92 Å². The fourth-order valence-electron chi connectivity index (χ4n) is 2.57. The van der Waals surface area contributed by atoms with Gasteiger partial charge in [0.2, 0.25) is 0 Å². The highest BCUT2D eigenvalue weighted by Crippen LogP contribution is 2.28. The molecule has 1 amide bonds. The number of rotatable bonds is 2. The van der Waals surface area contributed by atoms with Crippen LogP contribution >= 0.6 is 0 Å². The van der Waals surface area contributed by atoms with Gasteiger partial charge in [-0.15, -0.1) is 0 Å². The summed E-state index contributed by atoms with van der Waals surface area (Å²) >= 11 is 0. The van der Waals surface area contributed by atoms with Crippen molar-refractivity contribution in [3.05, 3.63) is 46.8 Å². The molecule has 0 spiro atoms. The third-order valence-corrected chi connectivity index (χ3v) is 3.77. The van der Waals surface area contributed by atoms with Crippen molar-refractivity contribution >= 4 is 11.6 Å². The predicted octanol–water partition coefficient (Wildman–Crippen LogP) is 2.92. The summed E-state index contributed by atoms with van der Waals surface area (Å²) in [6.07, 6.45) is 2.74. The van der Waals surface area contributed by atoms with Crippen LogP contribution in [0, 0.1) is 17.2 Å². The normalized spacial score (nSPS) is 16.9. The van der Waals surface area contributed by atoms with Crippen LogP contribution in [-0.4, -0.2) is 11.1 Å². The van der Waals surface area contributed by atoms with E-state index in [4.69, 9.17) is 9.78 Å². The minimum atomic E-state index is -0.265. The first-order valence-electron chi connectivity index (χ1n) is 6.96. The number of carbonyl (C=O) groups excluding carboxylic acids is 1. The number of nitrogens with zero attached hydrogens (tertiary/aromatic N) is 2. The molecule has 0 saturated heterocycles. The molecule has 1 unspecified atom stereocenters. The van der Waals surface area contributed by atoms with Gasteiger partial charge in [0.05, 0.1) is 11.6 Å². The number of nitrogens with one attached hydrogen (secondary N) is 1. The summed E-state index contributed by atoms with van der Waals surface area (Å²) in [5.41, 5.74) is 2.50. The van der Waals surface area contributed by atoms with Gasteiger partial charge in [0.1, 0.15) is 5.76 Å². The summed E-state index contributed by atoms with van der Waals surface area (Å²) in [4.78, 5) is 12.3. The van der Waals surface area contributed by atoms with Crippen LogP contribution in [0.25, 0.3) is 0 Å². The summed E-state index contributed by atoms with van der Waals surface area (Å²) < 4.78 is 5.28. The van der Waals surface area contributed by atoms with E-state index < -0.39 is 0 Å². The van der Waals surface area contributed by atoms with Crippen LogP contribution in [0.5, 0.6) is 0 Å². The highest BCUT2D eigenvalue weighted by atomic mass is 16.5. The second kappa shape index (κ2) is 5.41. The Bertz CT molecular complexity index is 710. The number of anilines is 1. The molecule has 0 saturated carbocycles. The molecule has 2 aromatic rings. The van der Waals surface area contributed by atoms with Gasteiger partial charge in [0.15, 0.2) is 5.69 Å². The third-order valence-electron chi connectivity index (χ3n) is 3.77. The van der Waals surface area contributed by atoms with Crippen molar-refractivity contribution in [3.8, 4) is 6.07 Å². The highest BCUT2D eigenvalue weighted by Gasteiger charge is 2.26. The van der Waals surface area contributed by atoms with E-state index in [1.807, 2.05) is 6.07 Å². The van der Waals surface area contributed by atoms with E-state index in [1.165, 1.54) is 0 Å². The topological polar surface area (TPSA) is 78.9 Å². The van der Waals surface area contributed by atoms with Crippen LogP contribution in [0.3, 0.4) is 0 Å². The monoisotopic (exact) mass is 281 g/mol. The Morgan fingerprint density at radius 3 is 2.90 bits per heavy atom. The maximum absolute atomic E-state index is 12.3. The third kappa shape index (κ3) is 2.65. The first-order chi connectivity index (χ1) is 10.2. The first-order valence-corrected chi connectivity index (χ1v) is 6.96. The molecule has 21 heavy (non-hydrogen) atoms. The highest BCUT2D eigenvalue weighted by molar-refractivity contribution is 6.03. The molecule has 1 aromatic heterocycles. The number of fused-ring (bicyclic) bond motifs is 1. The second-order valence-corrected chi connectivity index (χ2v) is 5.42. The SMILES string of the molecule is CC1CCc2onc(C(=O)Nc3ccc(C#N)cc3)c2C1. The molecule has 0 fully saturated rings. The van der Waals surface area contributed by atoms with Crippen LogP contribution in [0.15, 0.2) is 28.8 Å². The van der Waals surface area contributed by atoms with Crippen molar-refractivity contribution < 1.29 is 9.32 Å². The molecule has 1 N–H and O–H groups in total. The van der Waals surface area contributed by atoms with E-state index in [0.29, 0.717) is 22.9 Å². The van der Waals surface area contributed by atoms with Gasteiger partial charge in [-0.05, 0) is 43.0 Å². The van der Waals surface area contributed by atoms with Crippen molar-refractivity contribution in [1.29, 1.82) is 5.26 Å². The Balaban J connectivity index is 1.79. The zero-order valence-electron chi connectivity index (χ0n) is 11.7. The van der Waals surface area contributed by atoms with E-state index in [1.54, 1.807) is 24.3 Å². The number of nitriles is 1. The van der Waals surface area contributed by atoms with Gasteiger partial charge in [0.25, 0.3) is 5.91 Å². The van der Waals surface area contributed by atoms with Gasteiger partial charge in [0, 0.05) is 17.7 Å². The zero-order chi connectivity index (χ0) is 14.8. The summed E-state index contributed by atoms with van der Waals surface area (Å²) in [5, 5.41) is 15.5. The van der Waals surface area contributed by atoms with Crippen LogP contribution in [0.2, 0.25) is 0 Å². The minimum absolute atomic E-state index is 0.265. The maximum atomic E-state index is 12.3. The van der Waals surface area contributed by atoms with Crippen molar-refractivity contribution in [2.45, 2.75) is 26.2 Å². The number of hydrogen-bond acceptors (Lipinski definition) is 4. The smallest absolute Gasteiger partial charge is 0.278 e. The number of aryl methyl sites for hydroxylation is 1. The molecule has 1 heterocycles. The minimum Gasteiger partial charge on any atom is -0.360 e. The molecular formula is C16H15N3O2. The quantitative estimate of drug-likeness (QED) is 0.917. The van der Waals surface area contributed by atoms with Crippen LogP contribution in [-0.2, 0) is 12.8 Å². The lowest BCUT2D eigenvalue weighted by molar-refractivity contribution is 0.101. The number of benzene rings is 1. The average Bonchev–Trinajstić information content (AvgIpc) is 2.91. The molecule has 106 valence electrons. The van der Waals surface area contributed by atoms with Crippen LogP contribution in [0.4, 0.5) is 5.69 Å². The van der Waals surface area contributed by atoms with E-state index in [0.717, 1.165) is 30.6 Å². The molecule has 0 aliphatic heterocycles. The molecule has 1 aromatic carbocycles. The standard InChI is InChI=1S/C16H15N3O2/c1-10-2-7-14-13(8-10)15(19-21-14)16(20)18-12-5-3-11(9-17)4-6-12/h3-6,10H,2,7-8H2,1H3,(H,18,20). The molecule has 3 rings (SSSR count). The fourth-order valence-corrected chi connectivity index (χ4v) is 2.57. The average molecular weight is 281 g/mol. The lowest BCUT2D eigenvalue weighted by atomic mass is 9.88. The van der Waals surface area contributed by atoms with Gasteiger partial charge < -0.3 is 9.84 Å². The molecular weight excluding hydrogens is 266 g/mol. The Labute approximate surface area is 122 Å². The van der Waals surface area contributed by atoms with Gasteiger partial charge >= 0.3 is 0 Å². The first kappa shape index (κ1) is 13.4. The molecule has 5 nitrogen and oxygen atoms in total. The van der Waals surface area contributed by atoms with E-state index >= 15 is 0 Å². The summed E-state index contributed by atoms with van der Waals surface area (Å²) in [7, 11) is 0. The van der Waals surface area contributed by atoms with E-state index in [-0.39, 0.29) is 5.91 Å².